The number of carbonyl (C=O) groups excluding carboxylic acids is 1. The van der Waals surface area contributed by atoms with E-state index in [0.29, 0.717) is 22.2 Å². The molecule has 0 atom stereocenters. The van der Waals surface area contributed by atoms with Crippen LogP contribution in [0.25, 0.3) is 16.7 Å². The van der Waals surface area contributed by atoms with Crippen LogP contribution in [-0.2, 0) is 18.3 Å². The summed E-state index contributed by atoms with van der Waals surface area (Å²) in [6.45, 7) is 3.87. The van der Waals surface area contributed by atoms with Crippen molar-refractivity contribution in [3.8, 4) is 5.69 Å². The minimum atomic E-state index is -0.260. The summed E-state index contributed by atoms with van der Waals surface area (Å²) in [6.07, 6.45) is 1.64. The van der Waals surface area contributed by atoms with Crippen molar-refractivity contribution < 1.29 is 4.79 Å². The van der Waals surface area contributed by atoms with E-state index in [1.165, 1.54) is 6.21 Å². The second-order valence-electron chi connectivity index (χ2n) is 7.08. The number of nitrogens with one attached hydrogen (secondary N) is 1. The average molecular weight is 421 g/mol. The van der Waals surface area contributed by atoms with Gasteiger partial charge in [-0.25, -0.2) is 15.1 Å². The van der Waals surface area contributed by atoms with Gasteiger partial charge in [0.05, 0.1) is 40.6 Å². The predicted molar refractivity (Wildman–Crippen MR) is 118 cm³/mol. The molecule has 0 aliphatic heterocycles. The number of aromatic nitrogens is 4. The quantitative estimate of drug-likeness (QED) is 0.395. The van der Waals surface area contributed by atoms with E-state index >= 15 is 0 Å². The number of fused-ring (bicyclic) bond motifs is 1. The Morgan fingerprint density at radius 2 is 1.90 bits per heavy atom. The number of hydrazone groups is 1. The number of rotatable bonds is 5. The van der Waals surface area contributed by atoms with Crippen LogP contribution in [0.15, 0.2) is 53.6 Å². The van der Waals surface area contributed by atoms with E-state index in [4.69, 9.17) is 11.6 Å². The van der Waals surface area contributed by atoms with Crippen molar-refractivity contribution in [3.05, 3.63) is 76.3 Å². The number of imidazole rings is 1. The number of amides is 1. The smallest absolute Gasteiger partial charge is 0.247 e. The molecular weight excluding hydrogens is 400 g/mol. The number of benzene rings is 2. The molecular formula is C22H21ClN6O. The maximum atomic E-state index is 12.3. The van der Waals surface area contributed by atoms with E-state index in [9.17, 15) is 4.79 Å². The molecule has 152 valence electrons. The largest absolute Gasteiger partial charge is 0.331 e. The van der Waals surface area contributed by atoms with Crippen LogP contribution < -0.4 is 5.43 Å². The molecule has 4 rings (SSSR count). The van der Waals surface area contributed by atoms with Crippen LogP contribution in [0, 0.1) is 13.8 Å². The second-order valence-corrected chi connectivity index (χ2v) is 7.44. The van der Waals surface area contributed by atoms with E-state index in [0.717, 1.165) is 22.3 Å². The maximum Gasteiger partial charge on any atom is 0.247 e. The SMILES string of the molecule is Cc1ccc(-n2nc(C)c(/C=N/NC(=O)Cc3nc4ccccc4n3C)c2Cl)cc1. The molecule has 0 saturated carbocycles. The van der Waals surface area contributed by atoms with Gasteiger partial charge in [0, 0.05) is 7.05 Å². The Morgan fingerprint density at radius 1 is 1.17 bits per heavy atom. The maximum absolute atomic E-state index is 12.3. The molecule has 0 spiro atoms. The Labute approximate surface area is 179 Å². The number of hydrogen-bond donors (Lipinski definition) is 1. The molecule has 0 aliphatic rings. The first-order valence-electron chi connectivity index (χ1n) is 9.48. The highest BCUT2D eigenvalue weighted by Gasteiger charge is 2.14. The molecule has 0 radical (unpaired) electrons. The van der Waals surface area contributed by atoms with E-state index in [2.05, 4.69) is 20.6 Å². The molecule has 7 nitrogen and oxygen atoms in total. The van der Waals surface area contributed by atoms with Gasteiger partial charge in [-0.05, 0) is 38.1 Å². The third-order valence-electron chi connectivity index (χ3n) is 4.91. The normalized spacial score (nSPS) is 11.5. The van der Waals surface area contributed by atoms with E-state index in [1.807, 2.05) is 74.0 Å². The summed E-state index contributed by atoms with van der Waals surface area (Å²) in [7, 11) is 1.89. The van der Waals surface area contributed by atoms with Crippen molar-refractivity contribution in [2.45, 2.75) is 20.3 Å². The first kappa shape index (κ1) is 19.8. The number of carbonyl (C=O) groups is 1. The van der Waals surface area contributed by atoms with Gasteiger partial charge in [0.2, 0.25) is 5.91 Å². The Kier molecular flexibility index (Phi) is 5.37. The molecule has 2 aromatic carbocycles. The second kappa shape index (κ2) is 8.12. The van der Waals surface area contributed by atoms with Gasteiger partial charge in [-0.2, -0.15) is 10.2 Å². The van der Waals surface area contributed by atoms with Crippen molar-refractivity contribution in [1.82, 2.24) is 24.8 Å². The zero-order valence-electron chi connectivity index (χ0n) is 16.9. The molecule has 0 unspecified atom stereocenters. The number of nitrogens with zero attached hydrogens (tertiary/aromatic N) is 5. The fourth-order valence-corrected chi connectivity index (χ4v) is 3.54. The third kappa shape index (κ3) is 3.84. The molecule has 2 heterocycles. The van der Waals surface area contributed by atoms with Crippen molar-refractivity contribution in [2.24, 2.45) is 12.1 Å². The first-order chi connectivity index (χ1) is 14.4. The number of hydrogen-bond acceptors (Lipinski definition) is 4. The van der Waals surface area contributed by atoms with E-state index in [1.54, 1.807) is 4.68 Å². The van der Waals surface area contributed by atoms with Gasteiger partial charge in [-0.3, -0.25) is 4.79 Å². The number of halogens is 1. The van der Waals surface area contributed by atoms with Gasteiger partial charge in [0.1, 0.15) is 11.0 Å². The Morgan fingerprint density at radius 3 is 2.63 bits per heavy atom. The van der Waals surface area contributed by atoms with Crippen LogP contribution in [0.1, 0.15) is 22.6 Å². The van der Waals surface area contributed by atoms with Gasteiger partial charge >= 0.3 is 0 Å². The first-order valence-corrected chi connectivity index (χ1v) is 9.86. The molecule has 0 bridgehead atoms. The topological polar surface area (TPSA) is 77.1 Å². The summed E-state index contributed by atoms with van der Waals surface area (Å²) in [4.78, 5) is 16.8. The lowest BCUT2D eigenvalue weighted by Gasteiger charge is -2.03. The highest BCUT2D eigenvalue weighted by atomic mass is 35.5. The fourth-order valence-electron chi connectivity index (χ4n) is 3.22. The molecule has 1 amide bonds. The highest BCUT2D eigenvalue weighted by molar-refractivity contribution is 6.32. The summed E-state index contributed by atoms with van der Waals surface area (Å²) in [5, 5.41) is 8.98. The van der Waals surface area contributed by atoms with E-state index < -0.39 is 0 Å². The molecule has 8 heteroatoms. The van der Waals surface area contributed by atoms with Gasteiger partial charge < -0.3 is 4.57 Å². The predicted octanol–water partition coefficient (Wildman–Crippen LogP) is 3.72. The summed E-state index contributed by atoms with van der Waals surface area (Å²) in [5.74, 6) is 0.412. The lowest BCUT2D eigenvalue weighted by atomic mass is 10.2. The third-order valence-corrected chi connectivity index (χ3v) is 5.27. The minimum absolute atomic E-state index is 0.123. The molecule has 0 aliphatic carbocycles. The van der Waals surface area contributed by atoms with Crippen molar-refractivity contribution in [3.63, 3.8) is 0 Å². The monoisotopic (exact) mass is 420 g/mol. The molecule has 0 saturated heterocycles. The number of aryl methyl sites for hydroxylation is 3. The summed E-state index contributed by atoms with van der Waals surface area (Å²) >= 11 is 6.50. The fraction of sp³-hybridized carbons (Fsp3) is 0.182. The van der Waals surface area contributed by atoms with Crippen molar-refractivity contribution in [1.29, 1.82) is 0 Å². The van der Waals surface area contributed by atoms with Crippen LogP contribution in [0.4, 0.5) is 0 Å². The molecule has 2 aromatic heterocycles. The zero-order valence-corrected chi connectivity index (χ0v) is 17.7. The Balaban J connectivity index is 1.47. The van der Waals surface area contributed by atoms with Crippen LogP contribution in [0.2, 0.25) is 5.15 Å². The summed E-state index contributed by atoms with van der Waals surface area (Å²) in [5.41, 5.74) is 7.77. The molecule has 4 aromatic rings. The van der Waals surface area contributed by atoms with E-state index in [-0.39, 0.29) is 12.3 Å². The van der Waals surface area contributed by atoms with Gasteiger partial charge in [-0.1, -0.05) is 41.4 Å². The molecule has 30 heavy (non-hydrogen) atoms. The van der Waals surface area contributed by atoms with Gasteiger partial charge in [0.25, 0.3) is 0 Å². The lowest BCUT2D eigenvalue weighted by Crippen LogP contribution is -2.21. The van der Waals surface area contributed by atoms with Crippen molar-refractivity contribution >= 4 is 34.8 Å². The minimum Gasteiger partial charge on any atom is -0.331 e. The zero-order chi connectivity index (χ0) is 21.3. The van der Waals surface area contributed by atoms with Crippen molar-refractivity contribution in [2.75, 3.05) is 0 Å². The summed E-state index contributed by atoms with van der Waals surface area (Å²) < 4.78 is 3.56. The number of para-hydroxylation sites is 2. The van der Waals surface area contributed by atoms with Gasteiger partial charge in [0.15, 0.2) is 0 Å². The molecule has 0 fully saturated rings. The average Bonchev–Trinajstić information content (AvgIpc) is 3.19. The van der Waals surface area contributed by atoms with Crippen LogP contribution in [0.3, 0.4) is 0 Å². The summed E-state index contributed by atoms with van der Waals surface area (Å²) in [6, 6.07) is 15.7. The van der Waals surface area contributed by atoms with Crippen LogP contribution >= 0.6 is 11.6 Å². The van der Waals surface area contributed by atoms with Crippen LogP contribution in [0.5, 0.6) is 0 Å². The molecule has 1 N–H and O–H groups in total. The highest BCUT2D eigenvalue weighted by Crippen LogP contribution is 2.22. The Hall–Kier alpha value is -3.45. The lowest BCUT2D eigenvalue weighted by molar-refractivity contribution is -0.120. The Bertz CT molecular complexity index is 1250. The van der Waals surface area contributed by atoms with Gasteiger partial charge in [-0.15, -0.1) is 0 Å². The van der Waals surface area contributed by atoms with Crippen LogP contribution in [-0.4, -0.2) is 31.5 Å². The standard InChI is InChI=1S/C22H21ClN6O/c1-14-8-10-16(11-9-14)29-22(23)17(15(2)27-29)13-24-26-21(30)12-20-25-18-6-4-5-7-19(18)28(20)3/h4-11,13H,12H2,1-3H3,(H,26,30)/b24-13+.